The van der Waals surface area contributed by atoms with Crippen molar-refractivity contribution in [3.8, 4) is 0 Å². The van der Waals surface area contributed by atoms with E-state index >= 15 is 0 Å². The summed E-state index contributed by atoms with van der Waals surface area (Å²) in [7, 11) is 0. The average Bonchev–Trinajstić information content (AvgIpc) is 2.86. The second-order valence-electron chi connectivity index (χ2n) is 4.45. The van der Waals surface area contributed by atoms with Crippen LogP contribution in [0.2, 0.25) is 0 Å². The van der Waals surface area contributed by atoms with Crippen molar-refractivity contribution in [1.82, 2.24) is 10.2 Å². The van der Waals surface area contributed by atoms with Crippen molar-refractivity contribution in [2.75, 3.05) is 0 Å². The van der Waals surface area contributed by atoms with Gasteiger partial charge in [0.05, 0.1) is 10.6 Å². The summed E-state index contributed by atoms with van der Waals surface area (Å²) in [6.45, 7) is 1.79. The second-order valence-corrected chi connectivity index (χ2v) is 6.92. The molecule has 1 N–H and O–H groups in total. The SMILES string of the molecule is Cc1nnc(Sc2cc3c(cc2F)C(=O)C(C(=O)O)C=N3)s1. The summed E-state index contributed by atoms with van der Waals surface area (Å²) in [6.07, 6.45) is 1.06. The van der Waals surface area contributed by atoms with E-state index in [2.05, 4.69) is 15.2 Å². The Bertz CT molecular complexity index is 819. The molecule has 112 valence electrons. The van der Waals surface area contributed by atoms with Gasteiger partial charge in [0.25, 0.3) is 0 Å². The minimum atomic E-state index is -1.36. The van der Waals surface area contributed by atoms with E-state index in [9.17, 15) is 14.0 Å². The number of rotatable bonds is 3. The van der Waals surface area contributed by atoms with Gasteiger partial charge in [-0.1, -0.05) is 23.1 Å². The van der Waals surface area contributed by atoms with Crippen LogP contribution in [-0.2, 0) is 4.79 Å². The maximum atomic E-state index is 14.2. The van der Waals surface area contributed by atoms with Crippen molar-refractivity contribution >= 4 is 46.8 Å². The molecule has 1 aromatic carbocycles. The van der Waals surface area contributed by atoms with Gasteiger partial charge in [0.15, 0.2) is 16.0 Å². The van der Waals surface area contributed by atoms with Gasteiger partial charge >= 0.3 is 5.97 Å². The number of hydrogen-bond donors (Lipinski definition) is 1. The fourth-order valence-corrected chi connectivity index (χ4v) is 3.72. The summed E-state index contributed by atoms with van der Waals surface area (Å²) in [5.74, 6) is -3.95. The number of aliphatic carboxylic acids is 1. The topological polar surface area (TPSA) is 92.5 Å². The van der Waals surface area contributed by atoms with E-state index in [0.29, 0.717) is 4.34 Å². The minimum absolute atomic E-state index is 0.0230. The first-order valence-electron chi connectivity index (χ1n) is 6.08. The van der Waals surface area contributed by atoms with Gasteiger partial charge in [-0.25, -0.2) is 4.39 Å². The van der Waals surface area contributed by atoms with E-state index in [1.165, 1.54) is 17.4 Å². The number of aryl methyl sites for hydroxylation is 1. The first-order chi connectivity index (χ1) is 10.5. The van der Waals surface area contributed by atoms with Crippen molar-refractivity contribution in [2.24, 2.45) is 10.9 Å². The molecular weight excluding hydrogens is 329 g/mol. The zero-order valence-corrected chi connectivity index (χ0v) is 12.7. The summed E-state index contributed by atoms with van der Waals surface area (Å²) in [4.78, 5) is 27.2. The lowest BCUT2D eigenvalue weighted by atomic mass is 9.95. The normalized spacial score (nSPS) is 16.6. The first-order valence-corrected chi connectivity index (χ1v) is 7.71. The van der Waals surface area contributed by atoms with Crippen molar-refractivity contribution in [2.45, 2.75) is 16.2 Å². The van der Waals surface area contributed by atoms with Gasteiger partial charge in [-0.2, -0.15) is 0 Å². The Labute approximate surface area is 132 Å². The standard InChI is InChI=1S/C13H8FN3O3S2/c1-5-16-17-13(21-5)22-10-3-9-6(2-8(10)14)11(18)7(4-15-9)12(19)20/h2-4,7H,1H3,(H,19,20). The largest absolute Gasteiger partial charge is 0.480 e. The van der Waals surface area contributed by atoms with E-state index in [1.807, 2.05) is 0 Å². The number of benzene rings is 1. The highest BCUT2D eigenvalue weighted by Crippen LogP contribution is 2.37. The third-order valence-corrected chi connectivity index (χ3v) is 4.85. The van der Waals surface area contributed by atoms with Gasteiger partial charge in [-0.3, -0.25) is 14.6 Å². The van der Waals surface area contributed by atoms with E-state index in [1.54, 1.807) is 6.92 Å². The number of carboxylic acid groups (broad SMARTS) is 1. The number of halogens is 1. The Kier molecular flexibility index (Phi) is 3.75. The first kappa shape index (κ1) is 14.8. The van der Waals surface area contributed by atoms with Crippen LogP contribution in [0.1, 0.15) is 15.4 Å². The zero-order valence-electron chi connectivity index (χ0n) is 11.1. The maximum Gasteiger partial charge on any atom is 0.319 e. The molecule has 1 atom stereocenters. The van der Waals surface area contributed by atoms with Crippen LogP contribution in [0, 0.1) is 18.7 Å². The van der Waals surface area contributed by atoms with Crippen LogP contribution in [0.4, 0.5) is 10.1 Å². The molecule has 0 amide bonds. The monoisotopic (exact) mass is 337 g/mol. The predicted octanol–water partition coefficient (Wildman–Crippen LogP) is 2.74. The van der Waals surface area contributed by atoms with E-state index in [-0.39, 0.29) is 16.1 Å². The van der Waals surface area contributed by atoms with Crippen LogP contribution in [-0.4, -0.2) is 33.3 Å². The number of nitrogens with zero attached hydrogens (tertiary/aromatic N) is 3. The van der Waals surface area contributed by atoms with Gasteiger partial charge in [-0.15, -0.1) is 10.2 Å². The number of carbonyl (C=O) groups excluding carboxylic acids is 1. The molecular formula is C13H8FN3O3S2. The summed E-state index contributed by atoms with van der Waals surface area (Å²) in [6, 6.07) is 2.44. The molecule has 1 aliphatic heterocycles. The lowest BCUT2D eigenvalue weighted by Gasteiger charge is -2.15. The van der Waals surface area contributed by atoms with Gasteiger partial charge in [0, 0.05) is 11.8 Å². The third kappa shape index (κ3) is 2.64. The summed E-state index contributed by atoms with van der Waals surface area (Å²) in [5.41, 5.74) is 0.234. The number of carboxylic acids is 1. The highest BCUT2D eigenvalue weighted by atomic mass is 32.2. The number of hydrogen-bond acceptors (Lipinski definition) is 7. The van der Waals surface area contributed by atoms with E-state index in [0.717, 1.165) is 29.1 Å². The van der Waals surface area contributed by atoms with Crippen LogP contribution in [0.5, 0.6) is 0 Å². The quantitative estimate of drug-likeness (QED) is 0.866. The van der Waals surface area contributed by atoms with Crippen LogP contribution >= 0.6 is 23.1 Å². The van der Waals surface area contributed by atoms with Gasteiger partial charge in [-0.05, 0) is 19.1 Å². The molecule has 1 aliphatic rings. The van der Waals surface area contributed by atoms with Gasteiger partial charge in [0.2, 0.25) is 0 Å². The van der Waals surface area contributed by atoms with Crippen molar-refractivity contribution < 1.29 is 19.1 Å². The summed E-state index contributed by atoms with van der Waals surface area (Å²) >= 11 is 2.41. The fourth-order valence-electron chi connectivity index (χ4n) is 1.90. The fraction of sp³-hybridized carbons (Fsp3) is 0.154. The van der Waals surface area contributed by atoms with Crippen LogP contribution < -0.4 is 0 Å². The predicted molar refractivity (Wildman–Crippen MR) is 78.8 cm³/mol. The highest BCUT2D eigenvalue weighted by molar-refractivity contribution is 8.01. The summed E-state index contributed by atoms with van der Waals surface area (Å²) < 4.78 is 14.7. The molecule has 9 heteroatoms. The van der Waals surface area contributed by atoms with Crippen molar-refractivity contribution in [3.63, 3.8) is 0 Å². The highest BCUT2D eigenvalue weighted by Gasteiger charge is 2.31. The zero-order chi connectivity index (χ0) is 15.9. The molecule has 0 spiro atoms. The van der Waals surface area contributed by atoms with E-state index in [4.69, 9.17) is 5.11 Å². The Morgan fingerprint density at radius 1 is 1.41 bits per heavy atom. The number of aromatic nitrogens is 2. The lowest BCUT2D eigenvalue weighted by Crippen LogP contribution is -2.27. The second kappa shape index (κ2) is 5.58. The molecule has 1 unspecified atom stereocenters. The number of aliphatic imine (C=N–C) groups is 1. The third-order valence-electron chi connectivity index (χ3n) is 2.93. The van der Waals surface area contributed by atoms with Gasteiger partial charge in [0.1, 0.15) is 10.8 Å². The smallest absolute Gasteiger partial charge is 0.319 e. The maximum absolute atomic E-state index is 14.2. The summed E-state index contributed by atoms with van der Waals surface area (Å²) in [5, 5.41) is 17.4. The van der Waals surface area contributed by atoms with Crippen molar-refractivity contribution in [3.05, 3.63) is 28.5 Å². The number of Topliss-reactive ketones (excluding diaryl/α,β-unsaturated/α-hetero) is 1. The number of ketones is 1. The number of carbonyl (C=O) groups is 2. The molecule has 3 rings (SSSR count). The molecule has 22 heavy (non-hydrogen) atoms. The Morgan fingerprint density at radius 2 is 2.18 bits per heavy atom. The molecule has 1 aromatic heterocycles. The Morgan fingerprint density at radius 3 is 2.82 bits per heavy atom. The van der Waals surface area contributed by atoms with E-state index < -0.39 is 23.5 Å². The molecule has 0 saturated heterocycles. The van der Waals surface area contributed by atoms with Crippen LogP contribution in [0.15, 0.2) is 26.4 Å². The lowest BCUT2D eigenvalue weighted by molar-refractivity contribution is -0.137. The molecule has 0 radical (unpaired) electrons. The van der Waals surface area contributed by atoms with Crippen molar-refractivity contribution in [1.29, 1.82) is 0 Å². The molecule has 2 aromatic rings. The average molecular weight is 337 g/mol. The molecule has 0 bridgehead atoms. The van der Waals surface area contributed by atoms with Crippen LogP contribution in [0.3, 0.4) is 0 Å². The molecule has 0 fully saturated rings. The van der Waals surface area contributed by atoms with Gasteiger partial charge < -0.3 is 5.11 Å². The molecule has 0 saturated carbocycles. The molecule has 2 heterocycles. The number of fused-ring (bicyclic) bond motifs is 1. The Hall–Kier alpha value is -2.13. The molecule has 0 aliphatic carbocycles. The minimum Gasteiger partial charge on any atom is -0.480 e. The Balaban J connectivity index is 1.97. The molecule has 6 nitrogen and oxygen atoms in total. The van der Waals surface area contributed by atoms with Crippen LogP contribution in [0.25, 0.3) is 0 Å².